The van der Waals surface area contributed by atoms with Gasteiger partial charge in [0.15, 0.2) is 0 Å². The van der Waals surface area contributed by atoms with Crippen LogP contribution >= 0.6 is 11.3 Å². The lowest BCUT2D eigenvalue weighted by Gasteiger charge is -2.17. The van der Waals surface area contributed by atoms with E-state index < -0.39 is 10.0 Å². The summed E-state index contributed by atoms with van der Waals surface area (Å²) in [4.78, 5) is 14.5. The van der Waals surface area contributed by atoms with Crippen molar-refractivity contribution in [3.05, 3.63) is 52.3 Å². The van der Waals surface area contributed by atoms with E-state index in [0.717, 1.165) is 28.6 Å². The molecular weight excluding hydrogens is 406 g/mol. The van der Waals surface area contributed by atoms with Gasteiger partial charge in [0.2, 0.25) is 10.0 Å². The first-order valence-corrected chi connectivity index (χ1v) is 12.0. The normalized spacial score (nSPS) is 13.1. The molecule has 2 aromatic heterocycles. The molecule has 0 radical (unpaired) electrons. The Morgan fingerprint density at radius 2 is 1.97 bits per heavy atom. The first-order valence-electron chi connectivity index (χ1n) is 9.69. The van der Waals surface area contributed by atoms with E-state index in [1.807, 2.05) is 29.0 Å². The van der Waals surface area contributed by atoms with E-state index in [2.05, 4.69) is 12.2 Å². The van der Waals surface area contributed by atoms with Crippen molar-refractivity contribution in [3.63, 3.8) is 0 Å². The molecule has 3 aromatic rings. The highest BCUT2D eigenvalue weighted by atomic mass is 32.2. The van der Waals surface area contributed by atoms with Gasteiger partial charge in [0.25, 0.3) is 5.91 Å². The number of fused-ring (bicyclic) bond motifs is 1. The molecule has 156 valence electrons. The number of aryl methyl sites for hydroxylation is 1. The summed E-state index contributed by atoms with van der Waals surface area (Å²) in [6.07, 6.45) is 1.83. The number of carbonyl (C=O) groups is 1. The molecule has 0 fully saturated rings. The van der Waals surface area contributed by atoms with Crippen LogP contribution in [0.3, 0.4) is 0 Å². The minimum atomic E-state index is -3.53. The third-order valence-electron chi connectivity index (χ3n) is 4.97. The van der Waals surface area contributed by atoms with Gasteiger partial charge in [0.1, 0.15) is 5.69 Å². The monoisotopic (exact) mass is 433 g/mol. The van der Waals surface area contributed by atoms with Gasteiger partial charge in [-0.1, -0.05) is 19.4 Å². The number of benzene rings is 1. The lowest BCUT2D eigenvalue weighted by molar-refractivity contribution is 0.0926. The summed E-state index contributed by atoms with van der Waals surface area (Å²) < 4.78 is 28.0. The van der Waals surface area contributed by atoms with Crippen LogP contribution < -0.4 is 5.32 Å². The number of carbonyl (C=O) groups excluding carboxylic acids is 1. The minimum Gasteiger partial charge on any atom is -0.343 e. The summed E-state index contributed by atoms with van der Waals surface area (Å²) in [5.41, 5.74) is 1.39. The van der Waals surface area contributed by atoms with Gasteiger partial charge in [-0.3, -0.25) is 4.79 Å². The molecule has 0 saturated heterocycles. The Kier molecular flexibility index (Phi) is 6.45. The maximum atomic E-state index is 13.1. The molecule has 0 bridgehead atoms. The van der Waals surface area contributed by atoms with Crippen molar-refractivity contribution in [2.75, 3.05) is 14.1 Å². The number of hydrogen-bond donors (Lipinski definition) is 1. The minimum absolute atomic E-state index is 0.0273. The first-order chi connectivity index (χ1) is 13.8. The van der Waals surface area contributed by atoms with Crippen molar-refractivity contribution in [3.8, 4) is 0 Å². The molecule has 1 amide bonds. The number of amides is 1. The molecule has 3 rings (SSSR count). The molecule has 1 aromatic carbocycles. The Morgan fingerprint density at radius 3 is 2.55 bits per heavy atom. The fourth-order valence-electron chi connectivity index (χ4n) is 3.45. The zero-order chi connectivity index (χ0) is 21.2. The summed E-state index contributed by atoms with van der Waals surface area (Å²) in [5, 5.41) is 5.91. The van der Waals surface area contributed by atoms with E-state index in [1.54, 1.807) is 35.6 Å². The number of hydrogen-bond acceptors (Lipinski definition) is 4. The number of aromatic nitrogens is 1. The molecule has 0 aliphatic carbocycles. The lowest BCUT2D eigenvalue weighted by atomic mass is 10.1. The van der Waals surface area contributed by atoms with E-state index in [0.29, 0.717) is 12.2 Å². The topological polar surface area (TPSA) is 71.4 Å². The predicted molar refractivity (Wildman–Crippen MR) is 118 cm³/mol. The van der Waals surface area contributed by atoms with Gasteiger partial charge >= 0.3 is 0 Å². The molecule has 1 N–H and O–H groups in total. The van der Waals surface area contributed by atoms with Crippen LogP contribution in [0.5, 0.6) is 0 Å². The van der Waals surface area contributed by atoms with E-state index in [9.17, 15) is 13.2 Å². The van der Waals surface area contributed by atoms with Crippen molar-refractivity contribution in [1.29, 1.82) is 0 Å². The van der Waals surface area contributed by atoms with E-state index in [4.69, 9.17) is 0 Å². The van der Waals surface area contributed by atoms with Gasteiger partial charge in [0.05, 0.1) is 10.9 Å². The average molecular weight is 434 g/mol. The van der Waals surface area contributed by atoms with Crippen LogP contribution in [0.2, 0.25) is 0 Å². The van der Waals surface area contributed by atoms with Crippen LogP contribution in [-0.4, -0.2) is 37.3 Å². The van der Waals surface area contributed by atoms with E-state index >= 15 is 0 Å². The number of rotatable bonds is 8. The second kappa shape index (κ2) is 8.69. The van der Waals surface area contributed by atoms with Crippen LogP contribution in [0.15, 0.2) is 46.7 Å². The van der Waals surface area contributed by atoms with Gasteiger partial charge in [-0.15, -0.1) is 11.3 Å². The molecule has 0 aliphatic rings. The number of nitrogens with one attached hydrogen (secondary N) is 1. The SMILES string of the molecule is CCC[C@H](NC(=O)c1cc2cc(S(=O)(=O)N(C)C)ccc2n1CC)c1cccs1. The number of nitrogens with zero attached hydrogens (tertiary/aromatic N) is 2. The van der Waals surface area contributed by atoms with Crippen LogP contribution in [0.4, 0.5) is 0 Å². The Bertz CT molecular complexity index is 1100. The van der Waals surface area contributed by atoms with Gasteiger partial charge in [-0.2, -0.15) is 0 Å². The largest absolute Gasteiger partial charge is 0.343 e. The number of thiophene rings is 1. The molecular formula is C21H27N3O3S2. The highest BCUT2D eigenvalue weighted by Gasteiger charge is 2.22. The van der Waals surface area contributed by atoms with Crippen molar-refractivity contribution in [2.45, 2.75) is 44.2 Å². The summed E-state index contributed by atoms with van der Waals surface area (Å²) in [5.74, 6) is -0.146. The Labute approximate surface area is 176 Å². The Balaban J connectivity index is 1.99. The number of sulfonamides is 1. The fraction of sp³-hybridized carbons (Fsp3) is 0.381. The van der Waals surface area contributed by atoms with Gasteiger partial charge in [0, 0.05) is 36.4 Å². The Hall–Kier alpha value is -2.16. The lowest BCUT2D eigenvalue weighted by Crippen LogP contribution is -2.29. The predicted octanol–water partition coefficient (Wildman–Crippen LogP) is 4.24. The second-order valence-corrected chi connectivity index (χ2v) is 10.2. The molecule has 0 saturated carbocycles. The van der Waals surface area contributed by atoms with Crippen molar-refractivity contribution in [1.82, 2.24) is 14.2 Å². The summed E-state index contributed by atoms with van der Waals surface area (Å²) in [6, 6.07) is 10.8. The Morgan fingerprint density at radius 1 is 1.21 bits per heavy atom. The van der Waals surface area contributed by atoms with Crippen LogP contribution in [-0.2, 0) is 16.6 Å². The van der Waals surface area contributed by atoms with Crippen molar-refractivity contribution in [2.24, 2.45) is 0 Å². The molecule has 0 aliphatic heterocycles. The first kappa shape index (κ1) is 21.5. The van der Waals surface area contributed by atoms with Crippen LogP contribution in [0.1, 0.15) is 48.1 Å². The molecule has 1 atom stereocenters. The average Bonchev–Trinajstić information content (AvgIpc) is 3.34. The third-order valence-corrected chi connectivity index (χ3v) is 7.77. The quantitative estimate of drug-likeness (QED) is 0.577. The molecule has 0 unspecified atom stereocenters. The van der Waals surface area contributed by atoms with Crippen LogP contribution in [0, 0.1) is 0 Å². The zero-order valence-electron chi connectivity index (χ0n) is 17.2. The molecule has 6 nitrogen and oxygen atoms in total. The van der Waals surface area contributed by atoms with Crippen LogP contribution in [0.25, 0.3) is 10.9 Å². The second-order valence-electron chi connectivity index (χ2n) is 7.11. The highest BCUT2D eigenvalue weighted by Crippen LogP contribution is 2.27. The molecule has 0 spiro atoms. The summed E-state index contributed by atoms with van der Waals surface area (Å²) in [7, 11) is -0.514. The molecule has 29 heavy (non-hydrogen) atoms. The molecule has 2 heterocycles. The zero-order valence-corrected chi connectivity index (χ0v) is 18.8. The van der Waals surface area contributed by atoms with Gasteiger partial charge < -0.3 is 9.88 Å². The van der Waals surface area contributed by atoms with E-state index in [1.165, 1.54) is 18.4 Å². The van der Waals surface area contributed by atoms with Crippen molar-refractivity contribution >= 4 is 38.2 Å². The third kappa shape index (κ3) is 4.24. The smallest absolute Gasteiger partial charge is 0.268 e. The fourth-order valence-corrected chi connectivity index (χ4v) is 5.20. The summed E-state index contributed by atoms with van der Waals surface area (Å²) in [6.45, 7) is 4.69. The summed E-state index contributed by atoms with van der Waals surface area (Å²) >= 11 is 1.64. The van der Waals surface area contributed by atoms with E-state index in [-0.39, 0.29) is 16.8 Å². The molecule has 8 heteroatoms. The van der Waals surface area contributed by atoms with Gasteiger partial charge in [-0.05, 0) is 49.1 Å². The standard InChI is InChI=1S/C21H27N3O3S2/c1-5-8-17(20-9-7-12-28-20)22-21(25)19-14-15-13-16(29(26,27)23(3)4)10-11-18(15)24(19)6-2/h7,9-14,17H,5-6,8H2,1-4H3,(H,22,25)/t17-/m0/s1. The maximum absolute atomic E-state index is 13.1. The maximum Gasteiger partial charge on any atom is 0.268 e. The van der Waals surface area contributed by atoms with Crippen molar-refractivity contribution < 1.29 is 13.2 Å². The van der Waals surface area contributed by atoms with Gasteiger partial charge in [-0.25, -0.2) is 12.7 Å². The highest BCUT2D eigenvalue weighted by molar-refractivity contribution is 7.89.